The molecule has 2 heterocycles. The van der Waals surface area contributed by atoms with Gasteiger partial charge in [0.05, 0.1) is 18.2 Å². The molecule has 5 heteroatoms. The lowest BCUT2D eigenvalue weighted by atomic mass is 10.2. The molecular formula is C13H18N4O. The summed E-state index contributed by atoms with van der Waals surface area (Å²) in [5.74, 6) is 0.591. The molecular weight excluding hydrogens is 228 g/mol. The van der Waals surface area contributed by atoms with E-state index in [2.05, 4.69) is 28.8 Å². The molecule has 96 valence electrons. The fourth-order valence-corrected chi connectivity index (χ4v) is 1.94. The Kier molecular flexibility index (Phi) is 3.32. The molecule has 0 bridgehead atoms. The van der Waals surface area contributed by atoms with Gasteiger partial charge in [0, 0.05) is 11.6 Å². The highest BCUT2D eigenvalue weighted by Gasteiger charge is 2.12. The Morgan fingerprint density at radius 3 is 2.78 bits per heavy atom. The number of nitrogens with zero attached hydrogens (tertiary/aromatic N) is 3. The molecule has 5 nitrogen and oxygen atoms in total. The molecule has 0 saturated heterocycles. The van der Waals surface area contributed by atoms with E-state index in [0.717, 1.165) is 17.8 Å². The quantitative estimate of drug-likeness (QED) is 0.901. The summed E-state index contributed by atoms with van der Waals surface area (Å²) in [5.41, 5.74) is 2.30. The monoisotopic (exact) mass is 246 g/mol. The van der Waals surface area contributed by atoms with Crippen LogP contribution in [0.1, 0.15) is 38.1 Å². The molecule has 0 atom stereocenters. The van der Waals surface area contributed by atoms with Gasteiger partial charge in [-0.1, -0.05) is 6.92 Å². The third-order valence-electron chi connectivity index (χ3n) is 3.05. The Balaban J connectivity index is 2.61. The maximum atomic E-state index is 11.9. The zero-order valence-electron chi connectivity index (χ0n) is 11.2. The van der Waals surface area contributed by atoms with Crippen molar-refractivity contribution in [1.82, 2.24) is 19.5 Å². The van der Waals surface area contributed by atoms with E-state index in [-0.39, 0.29) is 11.6 Å². The van der Waals surface area contributed by atoms with Crippen LogP contribution in [-0.4, -0.2) is 19.5 Å². The maximum Gasteiger partial charge on any atom is 0.254 e. The smallest absolute Gasteiger partial charge is 0.254 e. The number of aryl methyl sites for hydroxylation is 1. The molecule has 0 unspecified atom stereocenters. The van der Waals surface area contributed by atoms with Gasteiger partial charge in [0.15, 0.2) is 5.82 Å². The Bertz CT molecular complexity index is 610. The van der Waals surface area contributed by atoms with Crippen molar-refractivity contribution in [3.63, 3.8) is 0 Å². The summed E-state index contributed by atoms with van der Waals surface area (Å²) in [6.07, 6.45) is 4.23. The predicted molar refractivity (Wildman–Crippen MR) is 70.6 cm³/mol. The van der Waals surface area contributed by atoms with Crippen LogP contribution in [0.5, 0.6) is 0 Å². The molecule has 2 aromatic heterocycles. The number of hydrogen-bond donors (Lipinski definition) is 1. The molecule has 1 N–H and O–H groups in total. The van der Waals surface area contributed by atoms with E-state index in [4.69, 9.17) is 0 Å². The van der Waals surface area contributed by atoms with E-state index in [1.807, 2.05) is 11.5 Å². The first kappa shape index (κ1) is 12.5. The highest BCUT2D eigenvalue weighted by molar-refractivity contribution is 5.49. The highest BCUT2D eigenvalue weighted by atomic mass is 16.1. The normalized spacial score (nSPS) is 11.2. The summed E-state index contributed by atoms with van der Waals surface area (Å²) in [5, 5.41) is 0. The largest absolute Gasteiger partial charge is 0.326 e. The van der Waals surface area contributed by atoms with E-state index in [1.165, 1.54) is 0 Å². The van der Waals surface area contributed by atoms with Crippen LogP contribution in [0.2, 0.25) is 0 Å². The second kappa shape index (κ2) is 4.76. The van der Waals surface area contributed by atoms with Gasteiger partial charge in [0.25, 0.3) is 5.56 Å². The molecule has 2 aromatic rings. The van der Waals surface area contributed by atoms with Gasteiger partial charge in [0.1, 0.15) is 5.69 Å². The van der Waals surface area contributed by atoms with Crippen molar-refractivity contribution in [2.24, 2.45) is 0 Å². The summed E-state index contributed by atoms with van der Waals surface area (Å²) in [7, 11) is 0. The molecule has 0 aliphatic heterocycles. The molecule has 0 amide bonds. The van der Waals surface area contributed by atoms with E-state index >= 15 is 0 Å². The van der Waals surface area contributed by atoms with Crippen LogP contribution in [0.4, 0.5) is 0 Å². The molecule has 0 fully saturated rings. The molecule has 0 aliphatic rings. The zero-order chi connectivity index (χ0) is 13.3. The minimum atomic E-state index is -0.0756. The summed E-state index contributed by atoms with van der Waals surface area (Å²) in [4.78, 5) is 23.3. The Labute approximate surface area is 106 Å². The second-order valence-electron chi connectivity index (χ2n) is 4.62. The lowest BCUT2D eigenvalue weighted by molar-refractivity contribution is 0.603. The highest BCUT2D eigenvalue weighted by Crippen LogP contribution is 2.18. The number of aromatic amines is 1. The number of H-pyrrole nitrogens is 1. The van der Waals surface area contributed by atoms with Crippen LogP contribution in [0.15, 0.2) is 17.3 Å². The van der Waals surface area contributed by atoms with Crippen molar-refractivity contribution in [3.8, 4) is 11.5 Å². The molecule has 2 rings (SSSR count). The van der Waals surface area contributed by atoms with Crippen LogP contribution in [0, 0.1) is 6.92 Å². The Morgan fingerprint density at radius 2 is 2.17 bits per heavy atom. The fraction of sp³-hybridized carbons (Fsp3) is 0.462. The minimum Gasteiger partial charge on any atom is -0.326 e. The van der Waals surface area contributed by atoms with Gasteiger partial charge in [-0.05, 0) is 27.2 Å². The first-order valence-electron chi connectivity index (χ1n) is 6.16. The zero-order valence-corrected chi connectivity index (χ0v) is 11.2. The molecule has 0 saturated carbocycles. The van der Waals surface area contributed by atoms with E-state index in [1.54, 1.807) is 19.4 Å². The first-order chi connectivity index (χ1) is 8.54. The summed E-state index contributed by atoms with van der Waals surface area (Å²) in [6.45, 7) is 7.93. The van der Waals surface area contributed by atoms with Crippen molar-refractivity contribution < 1.29 is 0 Å². The van der Waals surface area contributed by atoms with Gasteiger partial charge in [-0.2, -0.15) is 0 Å². The van der Waals surface area contributed by atoms with Crippen molar-refractivity contribution in [2.75, 3.05) is 0 Å². The molecule has 18 heavy (non-hydrogen) atoms. The number of imidazole rings is 1. The number of aromatic nitrogens is 4. The van der Waals surface area contributed by atoms with Gasteiger partial charge in [-0.25, -0.2) is 9.97 Å². The van der Waals surface area contributed by atoms with Gasteiger partial charge in [-0.15, -0.1) is 0 Å². The van der Waals surface area contributed by atoms with Crippen molar-refractivity contribution >= 4 is 0 Å². The summed E-state index contributed by atoms with van der Waals surface area (Å²) < 4.78 is 1.99. The first-order valence-corrected chi connectivity index (χ1v) is 6.16. The van der Waals surface area contributed by atoms with Gasteiger partial charge in [0.2, 0.25) is 0 Å². The van der Waals surface area contributed by atoms with Crippen molar-refractivity contribution in [2.45, 2.75) is 40.2 Å². The fourth-order valence-electron chi connectivity index (χ4n) is 1.94. The maximum absolute atomic E-state index is 11.9. The number of rotatable bonds is 3. The topological polar surface area (TPSA) is 63.6 Å². The second-order valence-corrected chi connectivity index (χ2v) is 4.62. The molecule has 0 radical (unpaired) electrons. The lowest BCUT2D eigenvalue weighted by Crippen LogP contribution is -2.17. The van der Waals surface area contributed by atoms with Gasteiger partial charge in [-0.3, -0.25) is 4.79 Å². The van der Waals surface area contributed by atoms with E-state index in [9.17, 15) is 4.79 Å². The van der Waals surface area contributed by atoms with Crippen LogP contribution in [-0.2, 0) is 6.42 Å². The third-order valence-corrected chi connectivity index (χ3v) is 3.05. The molecule has 0 spiro atoms. The standard InChI is InChI=1S/C13H18N4O/c1-5-10-9(4)13(18)16-12(15-10)11-6-14-7-17(11)8(2)3/h6-8H,5H2,1-4H3,(H,15,16,18). The minimum absolute atomic E-state index is 0.0756. The lowest BCUT2D eigenvalue weighted by Gasteiger charge is -2.12. The average molecular weight is 246 g/mol. The molecule has 0 aliphatic carbocycles. The number of nitrogens with one attached hydrogen (secondary N) is 1. The van der Waals surface area contributed by atoms with Gasteiger partial charge < -0.3 is 9.55 Å². The molecule has 0 aromatic carbocycles. The number of hydrogen-bond acceptors (Lipinski definition) is 3. The van der Waals surface area contributed by atoms with Crippen molar-refractivity contribution in [1.29, 1.82) is 0 Å². The third kappa shape index (κ3) is 2.08. The predicted octanol–water partition coefficient (Wildman–Crippen LogP) is 2.09. The van der Waals surface area contributed by atoms with Crippen LogP contribution in [0.25, 0.3) is 11.5 Å². The van der Waals surface area contributed by atoms with Crippen LogP contribution >= 0.6 is 0 Å². The summed E-state index contributed by atoms with van der Waals surface area (Å²) in [6, 6.07) is 0.277. The van der Waals surface area contributed by atoms with E-state index < -0.39 is 0 Å². The SMILES string of the molecule is CCc1nc(-c2cncn2C(C)C)[nH]c(=O)c1C. The van der Waals surface area contributed by atoms with Gasteiger partial charge >= 0.3 is 0 Å². The average Bonchev–Trinajstić information content (AvgIpc) is 2.81. The summed E-state index contributed by atoms with van der Waals surface area (Å²) >= 11 is 0. The van der Waals surface area contributed by atoms with E-state index in [0.29, 0.717) is 11.4 Å². The Morgan fingerprint density at radius 1 is 1.44 bits per heavy atom. The Hall–Kier alpha value is -1.91. The van der Waals surface area contributed by atoms with Crippen LogP contribution in [0.3, 0.4) is 0 Å². The van der Waals surface area contributed by atoms with Crippen molar-refractivity contribution in [3.05, 3.63) is 34.1 Å². The van der Waals surface area contributed by atoms with Crippen LogP contribution < -0.4 is 5.56 Å².